The first-order valence-electron chi connectivity index (χ1n) is 4.06. The van der Waals surface area contributed by atoms with Crippen molar-refractivity contribution in [3.8, 4) is 0 Å². The molecular formula is C8H22IN2S2+. The number of hydrogen-bond donors (Lipinski definition) is 0. The lowest BCUT2D eigenvalue weighted by molar-refractivity contribution is -0.857. The van der Waals surface area contributed by atoms with Crippen LogP contribution in [-0.2, 0) is 0 Å². The fraction of sp³-hybridized carbons (Fsp3) is 1.00. The predicted molar refractivity (Wildman–Crippen MR) is 61.0 cm³/mol. The Morgan fingerprint density at radius 1 is 0.692 bits per heavy atom. The highest BCUT2D eigenvalue weighted by molar-refractivity contribution is 8.76. The second kappa shape index (κ2) is 6.76. The van der Waals surface area contributed by atoms with E-state index in [0.29, 0.717) is 0 Å². The molecule has 0 bridgehead atoms. The summed E-state index contributed by atoms with van der Waals surface area (Å²) in [5.74, 6) is 2.34. The number of nitrogens with zero attached hydrogens (tertiary/aromatic N) is 2. The van der Waals surface area contributed by atoms with Gasteiger partial charge in [0.15, 0.2) is 0 Å². The van der Waals surface area contributed by atoms with E-state index in [1.165, 1.54) is 11.8 Å². The van der Waals surface area contributed by atoms with Gasteiger partial charge in [-0.2, -0.15) is 0 Å². The van der Waals surface area contributed by atoms with Crippen molar-refractivity contribution in [2.45, 2.75) is 0 Å². The van der Waals surface area contributed by atoms with E-state index in [2.05, 4.69) is 42.3 Å². The Labute approximate surface area is 108 Å². The summed E-state index contributed by atoms with van der Waals surface area (Å²) in [6.07, 6.45) is 0. The standard InChI is InChI=1S/C8H22N2S2.HI/c1-9(2,3)7-11-12-8-10(4,5)6;/h7-8H2,1-6H3;1H/q+2;/p-1. The third-order valence-electron chi connectivity index (χ3n) is 0.963. The summed E-state index contributed by atoms with van der Waals surface area (Å²) in [6, 6.07) is 0. The molecule has 0 spiro atoms. The van der Waals surface area contributed by atoms with Crippen LogP contribution >= 0.6 is 21.6 Å². The van der Waals surface area contributed by atoms with Crippen LogP contribution in [0.1, 0.15) is 0 Å². The van der Waals surface area contributed by atoms with Crippen molar-refractivity contribution in [3.05, 3.63) is 0 Å². The summed E-state index contributed by atoms with van der Waals surface area (Å²) in [5.41, 5.74) is 0. The molecule has 0 aliphatic heterocycles. The van der Waals surface area contributed by atoms with Crippen molar-refractivity contribution in [3.63, 3.8) is 0 Å². The SMILES string of the molecule is C[N+](C)(C)CSSC[N+](C)(C)C.[I-]. The summed E-state index contributed by atoms with van der Waals surface area (Å²) >= 11 is 0. The van der Waals surface area contributed by atoms with E-state index in [1.807, 2.05) is 21.6 Å². The Kier molecular flexibility index (Phi) is 8.72. The van der Waals surface area contributed by atoms with E-state index in [4.69, 9.17) is 0 Å². The van der Waals surface area contributed by atoms with Crippen molar-refractivity contribution >= 4 is 21.6 Å². The van der Waals surface area contributed by atoms with Gasteiger partial charge < -0.3 is 32.9 Å². The summed E-state index contributed by atoms with van der Waals surface area (Å²) in [7, 11) is 17.3. The minimum Gasteiger partial charge on any atom is -1.00 e. The lowest BCUT2D eigenvalue weighted by atomic mass is 10.8. The molecule has 0 N–H and O–H groups in total. The van der Waals surface area contributed by atoms with Crippen LogP contribution in [-0.4, -0.2) is 63.0 Å². The monoisotopic (exact) mass is 337 g/mol. The molecule has 0 amide bonds. The van der Waals surface area contributed by atoms with Gasteiger partial charge in [0.1, 0.15) is 11.8 Å². The Morgan fingerprint density at radius 3 is 1.08 bits per heavy atom. The Bertz CT molecular complexity index is 113. The average molecular weight is 337 g/mol. The first-order valence-corrected chi connectivity index (χ1v) is 6.55. The fourth-order valence-corrected chi connectivity index (χ4v) is 3.52. The van der Waals surface area contributed by atoms with E-state index in [0.717, 1.165) is 8.97 Å². The molecule has 2 nitrogen and oxygen atoms in total. The van der Waals surface area contributed by atoms with Crippen LogP contribution in [0.3, 0.4) is 0 Å². The van der Waals surface area contributed by atoms with Gasteiger partial charge in [-0.25, -0.2) is 0 Å². The van der Waals surface area contributed by atoms with Crippen LogP contribution in [0.15, 0.2) is 0 Å². The highest BCUT2D eigenvalue weighted by atomic mass is 127. The molecule has 0 saturated heterocycles. The highest BCUT2D eigenvalue weighted by Crippen LogP contribution is 2.24. The predicted octanol–water partition coefficient (Wildman–Crippen LogP) is -1.30. The molecule has 0 aromatic rings. The summed E-state index contributed by atoms with van der Waals surface area (Å²) in [5, 5.41) is 0. The Morgan fingerprint density at radius 2 is 0.923 bits per heavy atom. The van der Waals surface area contributed by atoms with Gasteiger partial charge in [0.2, 0.25) is 0 Å². The van der Waals surface area contributed by atoms with Gasteiger partial charge in [-0.05, 0) is 21.6 Å². The molecule has 0 aliphatic rings. The van der Waals surface area contributed by atoms with Crippen LogP contribution in [0.25, 0.3) is 0 Å². The zero-order valence-corrected chi connectivity index (χ0v) is 13.3. The van der Waals surface area contributed by atoms with E-state index >= 15 is 0 Å². The zero-order valence-electron chi connectivity index (χ0n) is 9.50. The molecule has 0 unspecified atom stereocenters. The zero-order chi connectivity index (χ0) is 9.83. The largest absolute Gasteiger partial charge is 1.00 e. The molecule has 0 rings (SSSR count). The van der Waals surface area contributed by atoms with Crippen LogP contribution in [0, 0.1) is 0 Å². The fourth-order valence-electron chi connectivity index (χ4n) is 0.391. The van der Waals surface area contributed by atoms with Gasteiger partial charge in [0.25, 0.3) is 0 Å². The van der Waals surface area contributed by atoms with E-state index in [9.17, 15) is 0 Å². The van der Waals surface area contributed by atoms with Gasteiger partial charge >= 0.3 is 0 Å². The van der Waals surface area contributed by atoms with Crippen molar-refractivity contribution in [1.29, 1.82) is 0 Å². The molecule has 0 saturated carbocycles. The van der Waals surface area contributed by atoms with E-state index in [1.54, 1.807) is 0 Å². The lowest BCUT2D eigenvalue weighted by Gasteiger charge is -2.25. The molecule has 0 atom stereocenters. The minimum absolute atomic E-state index is 0. The third-order valence-corrected chi connectivity index (χ3v) is 4.02. The van der Waals surface area contributed by atoms with Crippen molar-refractivity contribution < 1.29 is 32.9 Å². The molecule has 0 aromatic heterocycles. The van der Waals surface area contributed by atoms with Crippen LogP contribution in [0.5, 0.6) is 0 Å². The van der Waals surface area contributed by atoms with E-state index in [-0.39, 0.29) is 24.0 Å². The maximum absolute atomic E-state index is 2.22. The second-order valence-corrected chi connectivity index (χ2v) is 7.48. The first kappa shape index (κ1) is 16.8. The number of rotatable bonds is 5. The topological polar surface area (TPSA) is 0 Å². The number of hydrogen-bond acceptors (Lipinski definition) is 2. The molecular weight excluding hydrogens is 315 g/mol. The van der Waals surface area contributed by atoms with Gasteiger partial charge in [-0.15, -0.1) is 0 Å². The molecule has 5 heteroatoms. The third kappa shape index (κ3) is 16.1. The average Bonchev–Trinajstić information content (AvgIpc) is 1.76. The van der Waals surface area contributed by atoms with Crippen molar-refractivity contribution in [2.24, 2.45) is 0 Å². The maximum atomic E-state index is 2.22. The maximum Gasteiger partial charge on any atom is 0.135 e. The quantitative estimate of drug-likeness (QED) is 0.201. The Balaban J connectivity index is 0. The molecule has 0 aromatic carbocycles. The summed E-state index contributed by atoms with van der Waals surface area (Å²) < 4.78 is 2.07. The first-order chi connectivity index (χ1) is 5.21. The molecule has 0 aliphatic carbocycles. The molecule has 13 heavy (non-hydrogen) atoms. The normalized spacial score (nSPS) is 12.5. The van der Waals surface area contributed by atoms with Crippen molar-refractivity contribution in [2.75, 3.05) is 54.0 Å². The van der Waals surface area contributed by atoms with Gasteiger partial charge in [0, 0.05) is 0 Å². The smallest absolute Gasteiger partial charge is 0.135 e. The summed E-state index contributed by atoms with van der Waals surface area (Å²) in [6.45, 7) is 0. The number of halogens is 1. The highest BCUT2D eigenvalue weighted by Gasteiger charge is 2.10. The van der Waals surface area contributed by atoms with Gasteiger partial charge in [-0.3, -0.25) is 0 Å². The Hall–Kier alpha value is 1.35. The van der Waals surface area contributed by atoms with Crippen LogP contribution in [0.2, 0.25) is 0 Å². The number of quaternary nitrogens is 2. The molecule has 0 heterocycles. The minimum atomic E-state index is 0. The lowest BCUT2D eigenvalue weighted by Crippen LogP contribution is -3.00. The van der Waals surface area contributed by atoms with Crippen molar-refractivity contribution in [1.82, 2.24) is 0 Å². The molecule has 0 fully saturated rings. The van der Waals surface area contributed by atoms with Gasteiger partial charge in [0.05, 0.1) is 42.3 Å². The van der Waals surface area contributed by atoms with E-state index < -0.39 is 0 Å². The van der Waals surface area contributed by atoms with Crippen LogP contribution < -0.4 is 24.0 Å². The van der Waals surface area contributed by atoms with Crippen LogP contribution in [0.4, 0.5) is 0 Å². The second-order valence-electron chi connectivity index (χ2n) is 5.07. The van der Waals surface area contributed by atoms with Gasteiger partial charge in [-0.1, -0.05) is 0 Å². The molecule has 82 valence electrons. The molecule has 0 radical (unpaired) electrons. The summed E-state index contributed by atoms with van der Waals surface area (Å²) in [4.78, 5) is 0.